The Morgan fingerprint density at radius 3 is 2.65 bits per heavy atom. The molecule has 2 fully saturated rings. The van der Waals surface area contributed by atoms with Gasteiger partial charge in [-0.25, -0.2) is 0 Å². The Kier molecular flexibility index (Phi) is 4.09. The quantitative estimate of drug-likeness (QED) is 0.665. The number of nitrogens with zero attached hydrogens (tertiary/aromatic N) is 1. The molecule has 0 atom stereocenters. The topological polar surface area (TPSA) is 3.24 Å². The molecule has 17 heavy (non-hydrogen) atoms. The zero-order valence-corrected chi connectivity index (χ0v) is 11.5. The fourth-order valence-corrected chi connectivity index (χ4v) is 3.48. The summed E-state index contributed by atoms with van der Waals surface area (Å²) in [6.45, 7) is 12.1. The first kappa shape index (κ1) is 12.9. The van der Waals surface area contributed by atoms with Crippen LogP contribution in [0.1, 0.15) is 46.0 Å². The molecular formula is C16H27N. The van der Waals surface area contributed by atoms with Crippen molar-refractivity contribution >= 4 is 0 Å². The van der Waals surface area contributed by atoms with Crippen LogP contribution in [0.15, 0.2) is 24.3 Å². The van der Waals surface area contributed by atoms with Crippen LogP contribution in [0.2, 0.25) is 0 Å². The molecule has 1 saturated heterocycles. The second-order valence-electron chi connectivity index (χ2n) is 6.21. The fraction of sp³-hybridized carbons (Fsp3) is 0.750. The lowest BCUT2D eigenvalue weighted by molar-refractivity contribution is 0.159. The Morgan fingerprint density at radius 2 is 2.06 bits per heavy atom. The van der Waals surface area contributed by atoms with Crippen LogP contribution in [-0.4, -0.2) is 24.5 Å². The molecule has 1 spiro atoms. The molecule has 0 N–H and O–H groups in total. The number of hydrogen-bond acceptors (Lipinski definition) is 1. The van der Waals surface area contributed by atoms with Gasteiger partial charge in [0.15, 0.2) is 0 Å². The minimum atomic E-state index is 0.673. The van der Waals surface area contributed by atoms with Crippen molar-refractivity contribution in [3.05, 3.63) is 24.3 Å². The molecule has 0 radical (unpaired) electrons. The van der Waals surface area contributed by atoms with E-state index < -0.39 is 0 Å². The van der Waals surface area contributed by atoms with E-state index in [9.17, 15) is 0 Å². The molecule has 1 nitrogen and oxygen atoms in total. The van der Waals surface area contributed by atoms with Crippen LogP contribution in [0, 0.1) is 11.3 Å². The van der Waals surface area contributed by atoms with E-state index >= 15 is 0 Å². The van der Waals surface area contributed by atoms with Gasteiger partial charge in [0.1, 0.15) is 0 Å². The molecule has 0 aromatic carbocycles. The molecule has 0 aromatic heterocycles. The standard InChI is InChI=1S/C16H27N/c1-4-15(5-2)12-17-11-10-16(13-17)8-6-14(3)7-9-16/h4-5,14H,1,6-13H2,2-3H3/b15-5+. The van der Waals surface area contributed by atoms with Crippen molar-refractivity contribution in [2.24, 2.45) is 11.3 Å². The van der Waals surface area contributed by atoms with Gasteiger partial charge in [-0.15, -0.1) is 0 Å². The normalized spacial score (nSPS) is 35.4. The first-order valence-electron chi connectivity index (χ1n) is 7.17. The molecule has 96 valence electrons. The van der Waals surface area contributed by atoms with E-state index in [1.165, 1.54) is 50.8 Å². The van der Waals surface area contributed by atoms with Gasteiger partial charge in [-0.2, -0.15) is 0 Å². The average molecular weight is 233 g/mol. The van der Waals surface area contributed by atoms with E-state index in [4.69, 9.17) is 0 Å². The Hall–Kier alpha value is -0.560. The van der Waals surface area contributed by atoms with Gasteiger partial charge in [-0.3, -0.25) is 4.90 Å². The monoisotopic (exact) mass is 233 g/mol. The van der Waals surface area contributed by atoms with Crippen LogP contribution in [0.4, 0.5) is 0 Å². The van der Waals surface area contributed by atoms with E-state index in [1.54, 1.807) is 0 Å². The van der Waals surface area contributed by atoms with Crippen molar-refractivity contribution in [2.45, 2.75) is 46.0 Å². The highest BCUT2D eigenvalue weighted by Gasteiger charge is 2.39. The second-order valence-corrected chi connectivity index (χ2v) is 6.21. The van der Waals surface area contributed by atoms with Gasteiger partial charge < -0.3 is 0 Å². The number of hydrogen-bond donors (Lipinski definition) is 0. The van der Waals surface area contributed by atoms with Gasteiger partial charge in [0.05, 0.1) is 0 Å². The molecule has 0 unspecified atom stereocenters. The lowest BCUT2D eigenvalue weighted by atomic mass is 9.70. The molecule has 1 heteroatoms. The maximum atomic E-state index is 3.89. The van der Waals surface area contributed by atoms with Gasteiger partial charge in [0.2, 0.25) is 0 Å². The van der Waals surface area contributed by atoms with E-state index in [0.29, 0.717) is 5.41 Å². The zero-order valence-electron chi connectivity index (χ0n) is 11.5. The zero-order chi connectivity index (χ0) is 12.3. The minimum absolute atomic E-state index is 0.673. The lowest BCUT2D eigenvalue weighted by Gasteiger charge is -2.36. The van der Waals surface area contributed by atoms with Crippen molar-refractivity contribution in [3.8, 4) is 0 Å². The largest absolute Gasteiger partial charge is 0.299 e. The first-order valence-corrected chi connectivity index (χ1v) is 7.17. The average Bonchev–Trinajstić information content (AvgIpc) is 2.74. The van der Waals surface area contributed by atoms with Crippen LogP contribution in [0.5, 0.6) is 0 Å². The first-order chi connectivity index (χ1) is 8.17. The van der Waals surface area contributed by atoms with Crippen LogP contribution < -0.4 is 0 Å². The van der Waals surface area contributed by atoms with Gasteiger partial charge in [-0.05, 0) is 49.6 Å². The number of likely N-dealkylation sites (tertiary alicyclic amines) is 1. The molecule has 2 aliphatic rings. The summed E-state index contributed by atoms with van der Waals surface area (Å²) in [7, 11) is 0. The highest BCUT2D eigenvalue weighted by Crippen LogP contribution is 2.45. The number of rotatable bonds is 3. The fourth-order valence-electron chi connectivity index (χ4n) is 3.48. The predicted octanol–water partition coefficient (Wildman–Crippen LogP) is 4.02. The molecule has 0 bridgehead atoms. The van der Waals surface area contributed by atoms with Gasteiger partial charge >= 0.3 is 0 Å². The highest BCUT2D eigenvalue weighted by atomic mass is 15.2. The minimum Gasteiger partial charge on any atom is -0.299 e. The van der Waals surface area contributed by atoms with Crippen molar-refractivity contribution in [3.63, 3.8) is 0 Å². The van der Waals surface area contributed by atoms with Crippen molar-refractivity contribution in [1.82, 2.24) is 4.90 Å². The third kappa shape index (κ3) is 3.01. The Balaban J connectivity index is 1.89. The summed E-state index contributed by atoms with van der Waals surface area (Å²) in [4.78, 5) is 2.63. The third-order valence-electron chi connectivity index (χ3n) is 4.89. The van der Waals surface area contributed by atoms with Crippen LogP contribution in [0.3, 0.4) is 0 Å². The lowest BCUT2D eigenvalue weighted by Crippen LogP contribution is -2.31. The van der Waals surface area contributed by atoms with Crippen LogP contribution >= 0.6 is 0 Å². The van der Waals surface area contributed by atoms with E-state index in [-0.39, 0.29) is 0 Å². The molecule has 0 aromatic rings. The summed E-state index contributed by atoms with van der Waals surface area (Å²) in [6.07, 6.45) is 11.5. The van der Waals surface area contributed by atoms with Gasteiger partial charge in [-0.1, -0.05) is 38.5 Å². The Morgan fingerprint density at radius 1 is 1.35 bits per heavy atom. The molecule has 0 amide bonds. The van der Waals surface area contributed by atoms with E-state index in [1.807, 2.05) is 6.08 Å². The van der Waals surface area contributed by atoms with E-state index in [2.05, 4.69) is 31.4 Å². The van der Waals surface area contributed by atoms with Crippen molar-refractivity contribution < 1.29 is 0 Å². The van der Waals surface area contributed by atoms with Crippen molar-refractivity contribution in [2.75, 3.05) is 19.6 Å². The Labute approximate surface area is 107 Å². The second kappa shape index (κ2) is 5.39. The molecule has 1 heterocycles. The molecule has 1 aliphatic carbocycles. The summed E-state index contributed by atoms with van der Waals surface area (Å²) in [5, 5.41) is 0. The van der Waals surface area contributed by atoms with Gasteiger partial charge in [0.25, 0.3) is 0 Å². The summed E-state index contributed by atoms with van der Waals surface area (Å²) in [5.41, 5.74) is 2.05. The molecule has 1 aliphatic heterocycles. The van der Waals surface area contributed by atoms with Crippen molar-refractivity contribution in [1.29, 1.82) is 0 Å². The van der Waals surface area contributed by atoms with Gasteiger partial charge in [0, 0.05) is 13.1 Å². The SMILES string of the molecule is C=C/C(=C\C)CN1CCC2(CCC(C)CC2)C1. The Bertz CT molecular complexity index is 295. The number of allylic oxidation sites excluding steroid dienone is 1. The smallest absolute Gasteiger partial charge is 0.0230 e. The summed E-state index contributed by atoms with van der Waals surface area (Å²) < 4.78 is 0. The third-order valence-corrected chi connectivity index (χ3v) is 4.89. The van der Waals surface area contributed by atoms with Crippen LogP contribution in [0.25, 0.3) is 0 Å². The molecule has 2 rings (SSSR count). The summed E-state index contributed by atoms with van der Waals surface area (Å²) >= 11 is 0. The molecular weight excluding hydrogens is 206 g/mol. The maximum absolute atomic E-state index is 3.89. The molecule has 1 saturated carbocycles. The van der Waals surface area contributed by atoms with E-state index in [0.717, 1.165) is 12.5 Å². The summed E-state index contributed by atoms with van der Waals surface area (Å²) in [5.74, 6) is 0.967. The maximum Gasteiger partial charge on any atom is 0.0230 e. The summed E-state index contributed by atoms with van der Waals surface area (Å²) in [6, 6.07) is 0. The predicted molar refractivity (Wildman–Crippen MR) is 75.1 cm³/mol. The highest BCUT2D eigenvalue weighted by molar-refractivity contribution is 5.17. The van der Waals surface area contributed by atoms with Crippen LogP contribution in [-0.2, 0) is 0 Å².